The van der Waals surface area contributed by atoms with Gasteiger partial charge in [0.25, 0.3) is 0 Å². The van der Waals surface area contributed by atoms with Gasteiger partial charge in [-0.3, -0.25) is 19.7 Å². The van der Waals surface area contributed by atoms with Crippen LogP contribution in [-0.2, 0) is 14.4 Å². The van der Waals surface area contributed by atoms with Gasteiger partial charge in [-0.15, -0.1) is 0 Å². The molecule has 2 aliphatic heterocycles. The van der Waals surface area contributed by atoms with Gasteiger partial charge in [0.15, 0.2) is 0 Å². The minimum atomic E-state index is -0.606. The summed E-state index contributed by atoms with van der Waals surface area (Å²) in [6, 6.07) is 1.33. The van der Waals surface area contributed by atoms with Crippen LogP contribution in [0.2, 0.25) is 0 Å². The molecule has 1 unspecified atom stereocenters. The van der Waals surface area contributed by atoms with Crippen LogP contribution in [0.3, 0.4) is 0 Å². The summed E-state index contributed by atoms with van der Waals surface area (Å²) in [5.74, 6) is -0.229. The summed E-state index contributed by atoms with van der Waals surface area (Å²) in [6.07, 6.45) is 2.01. The van der Waals surface area contributed by atoms with Crippen molar-refractivity contribution in [1.82, 2.24) is 20.6 Å². The van der Waals surface area contributed by atoms with Gasteiger partial charge in [-0.2, -0.15) is 0 Å². The maximum atomic E-state index is 12.4. The monoisotopic (exact) mass is 345 g/mol. The molecule has 3 amide bonds. The lowest BCUT2D eigenvalue weighted by atomic mass is 9.95. The van der Waals surface area contributed by atoms with Crippen molar-refractivity contribution in [2.45, 2.75) is 45.6 Å². The van der Waals surface area contributed by atoms with Crippen molar-refractivity contribution < 1.29 is 14.4 Å². The second-order valence-corrected chi connectivity index (χ2v) is 6.72. The van der Waals surface area contributed by atoms with Crippen molar-refractivity contribution in [2.24, 2.45) is 5.92 Å². The van der Waals surface area contributed by atoms with Crippen molar-refractivity contribution in [3.8, 4) is 0 Å². The highest BCUT2D eigenvalue weighted by Gasteiger charge is 2.32. The number of anilines is 1. The van der Waals surface area contributed by atoms with Crippen molar-refractivity contribution >= 4 is 23.7 Å². The van der Waals surface area contributed by atoms with Crippen LogP contribution >= 0.6 is 0 Å². The summed E-state index contributed by atoms with van der Waals surface area (Å²) in [4.78, 5) is 46.4. The smallest absolute Gasteiger partial charge is 0.249 e. The zero-order chi connectivity index (χ0) is 18.0. The Balaban J connectivity index is 1.54. The molecule has 0 spiro atoms. The molecule has 1 aromatic heterocycles. The predicted molar refractivity (Wildman–Crippen MR) is 90.8 cm³/mol. The molecule has 1 atom stereocenters. The van der Waals surface area contributed by atoms with Crippen LogP contribution in [0.5, 0.6) is 0 Å². The molecule has 3 rings (SSSR count). The van der Waals surface area contributed by atoms with Crippen molar-refractivity contribution in [3.63, 3.8) is 0 Å². The first-order valence-electron chi connectivity index (χ1n) is 8.63. The Kier molecular flexibility index (Phi) is 4.96. The van der Waals surface area contributed by atoms with Crippen LogP contribution in [0, 0.1) is 19.8 Å². The Hall–Kier alpha value is -2.51. The van der Waals surface area contributed by atoms with Gasteiger partial charge in [-0.1, -0.05) is 0 Å². The third-order valence-corrected chi connectivity index (χ3v) is 4.67. The molecular weight excluding hydrogens is 322 g/mol. The summed E-state index contributed by atoms with van der Waals surface area (Å²) in [7, 11) is 0. The van der Waals surface area contributed by atoms with E-state index < -0.39 is 11.9 Å². The van der Waals surface area contributed by atoms with E-state index in [1.165, 1.54) is 0 Å². The van der Waals surface area contributed by atoms with Gasteiger partial charge >= 0.3 is 0 Å². The zero-order valence-electron chi connectivity index (χ0n) is 14.5. The molecule has 134 valence electrons. The minimum Gasteiger partial charge on any atom is -0.344 e. The highest BCUT2D eigenvalue weighted by molar-refractivity contribution is 6.01. The van der Waals surface area contributed by atoms with Gasteiger partial charge in [0, 0.05) is 36.8 Å². The Morgan fingerprint density at radius 2 is 1.80 bits per heavy atom. The Morgan fingerprint density at radius 3 is 2.40 bits per heavy atom. The summed E-state index contributed by atoms with van der Waals surface area (Å²) in [5.41, 5.74) is 1.86. The lowest BCUT2D eigenvalue weighted by Gasteiger charge is -2.32. The Morgan fingerprint density at radius 1 is 1.16 bits per heavy atom. The molecule has 2 saturated heterocycles. The molecule has 8 heteroatoms. The van der Waals surface area contributed by atoms with E-state index in [0.717, 1.165) is 11.4 Å². The fraction of sp³-hybridized carbons (Fsp3) is 0.588. The van der Waals surface area contributed by atoms with E-state index >= 15 is 0 Å². The lowest BCUT2D eigenvalue weighted by Crippen LogP contribution is -2.54. The van der Waals surface area contributed by atoms with Gasteiger partial charge in [0.05, 0.1) is 0 Å². The van der Waals surface area contributed by atoms with E-state index in [9.17, 15) is 14.4 Å². The van der Waals surface area contributed by atoms with Gasteiger partial charge in [0.2, 0.25) is 23.7 Å². The van der Waals surface area contributed by atoms with Crippen LogP contribution in [0.4, 0.5) is 5.95 Å². The first-order chi connectivity index (χ1) is 11.9. The predicted octanol–water partition coefficient (Wildman–Crippen LogP) is 0.231. The number of aromatic nitrogens is 2. The Bertz CT molecular complexity index is 677. The van der Waals surface area contributed by atoms with E-state index in [-0.39, 0.29) is 24.2 Å². The lowest BCUT2D eigenvalue weighted by molar-refractivity contribution is -0.138. The van der Waals surface area contributed by atoms with Gasteiger partial charge in [0.1, 0.15) is 6.04 Å². The maximum absolute atomic E-state index is 12.4. The SMILES string of the molecule is Cc1cc(C)nc(N2CCC(C(=O)NC3CCC(=O)NC3=O)CC2)n1. The number of nitrogens with zero attached hydrogens (tertiary/aromatic N) is 3. The fourth-order valence-electron chi connectivity index (χ4n) is 3.31. The normalized spacial score (nSPS) is 21.8. The summed E-state index contributed by atoms with van der Waals surface area (Å²) < 4.78 is 0. The average molecular weight is 345 g/mol. The fourth-order valence-corrected chi connectivity index (χ4v) is 3.31. The first-order valence-corrected chi connectivity index (χ1v) is 8.63. The number of aryl methyl sites for hydroxylation is 2. The maximum Gasteiger partial charge on any atom is 0.249 e. The molecule has 2 aliphatic rings. The quantitative estimate of drug-likeness (QED) is 0.760. The number of hydrogen-bond donors (Lipinski definition) is 2. The van der Waals surface area contributed by atoms with Gasteiger partial charge in [-0.05, 0) is 39.2 Å². The highest BCUT2D eigenvalue weighted by Crippen LogP contribution is 2.22. The summed E-state index contributed by atoms with van der Waals surface area (Å²) in [5, 5.41) is 5.04. The molecule has 2 fully saturated rings. The molecule has 0 bridgehead atoms. The van der Waals surface area contributed by atoms with Crippen molar-refractivity contribution in [2.75, 3.05) is 18.0 Å². The van der Waals surface area contributed by atoms with Gasteiger partial charge in [-0.25, -0.2) is 9.97 Å². The topological polar surface area (TPSA) is 104 Å². The number of hydrogen-bond acceptors (Lipinski definition) is 6. The molecule has 0 saturated carbocycles. The van der Waals surface area contributed by atoms with E-state index in [1.54, 1.807) is 0 Å². The van der Waals surface area contributed by atoms with Gasteiger partial charge < -0.3 is 10.2 Å². The van der Waals surface area contributed by atoms with Crippen molar-refractivity contribution in [1.29, 1.82) is 0 Å². The largest absolute Gasteiger partial charge is 0.344 e. The van der Waals surface area contributed by atoms with Crippen LogP contribution in [-0.4, -0.2) is 46.8 Å². The second kappa shape index (κ2) is 7.16. The molecule has 8 nitrogen and oxygen atoms in total. The third-order valence-electron chi connectivity index (χ3n) is 4.67. The Labute approximate surface area is 146 Å². The van der Waals surface area contributed by atoms with Crippen LogP contribution in [0.15, 0.2) is 6.07 Å². The van der Waals surface area contributed by atoms with Crippen molar-refractivity contribution in [3.05, 3.63) is 17.5 Å². The standard InChI is InChI=1S/C17H23N5O3/c1-10-9-11(2)19-17(18-10)22-7-5-12(6-8-22)15(24)20-13-3-4-14(23)21-16(13)25/h9,12-13H,3-8H2,1-2H3,(H,20,24)(H,21,23,25). The average Bonchev–Trinajstić information content (AvgIpc) is 2.56. The van der Waals surface area contributed by atoms with E-state index in [1.807, 2.05) is 19.9 Å². The summed E-state index contributed by atoms with van der Waals surface area (Å²) in [6.45, 7) is 5.29. The number of amides is 3. The number of rotatable bonds is 3. The molecular formula is C17H23N5O3. The van der Waals surface area contributed by atoms with Crippen LogP contribution in [0.1, 0.15) is 37.1 Å². The summed E-state index contributed by atoms with van der Waals surface area (Å²) >= 11 is 0. The number of piperidine rings is 2. The minimum absolute atomic E-state index is 0.115. The molecule has 0 aromatic carbocycles. The molecule has 1 aromatic rings. The number of imide groups is 1. The first kappa shape index (κ1) is 17.3. The number of carbonyl (C=O) groups is 3. The molecule has 2 N–H and O–H groups in total. The molecule has 0 aliphatic carbocycles. The molecule has 25 heavy (non-hydrogen) atoms. The number of nitrogens with one attached hydrogen (secondary N) is 2. The van der Waals surface area contributed by atoms with Crippen LogP contribution < -0.4 is 15.5 Å². The second-order valence-electron chi connectivity index (χ2n) is 6.72. The van der Waals surface area contributed by atoms with E-state index in [0.29, 0.717) is 38.3 Å². The van der Waals surface area contributed by atoms with E-state index in [2.05, 4.69) is 25.5 Å². The zero-order valence-corrected chi connectivity index (χ0v) is 14.5. The van der Waals surface area contributed by atoms with Crippen LogP contribution in [0.25, 0.3) is 0 Å². The molecule has 3 heterocycles. The highest BCUT2D eigenvalue weighted by atomic mass is 16.2. The van der Waals surface area contributed by atoms with E-state index in [4.69, 9.17) is 0 Å². The number of carbonyl (C=O) groups excluding carboxylic acids is 3. The third kappa shape index (κ3) is 4.12. The molecule has 0 radical (unpaired) electrons.